The number of para-hydroxylation sites is 1. The topological polar surface area (TPSA) is 103 Å². The van der Waals surface area contributed by atoms with Gasteiger partial charge in [0.2, 0.25) is 5.91 Å². The highest BCUT2D eigenvalue weighted by Crippen LogP contribution is 2.29. The number of nitrogens with one attached hydrogen (secondary N) is 1. The van der Waals surface area contributed by atoms with Crippen molar-refractivity contribution in [3.05, 3.63) is 85.4 Å². The summed E-state index contributed by atoms with van der Waals surface area (Å²) in [6, 6.07) is 13.9. The summed E-state index contributed by atoms with van der Waals surface area (Å²) in [5.74, 6) is -0.257. The van der Waals surface area contributed by atoms with Crippen molar-refractivity contribution >= 4 is 39.1 Å². The van der Waals surface area contributed by atoms with Gasteiger partial charge in [0.1, 0.15) is 17.1 Å². The third-order valence-electron chi connectivity index (χ3n) is 5.85. The lowest BCUT2D eigenvalue weighted by molar-refractivity contribution is -0.116. The average molecular weight is 507 g/mol. The maximum Gasteiger partial charge on any atom is 0.337 e. The molecule has 0 aliphatic rings. The molecule has 0 radical (unpaired) electrons. The molecule has 0 atom stereocenters. The Balaban J connectivity index is 1.95. The van der Waals surface area contributed by atoms with Crippen LogP contribution in [0.5, 0.6) is 5.75 Å². The zero-order chi connectivity index (χ0) is 26.1. The van der Waals surface area contributed by atoms with Gasteiger partial charge in [0.25, 0.3) is 11.5 Å². The van der Waals surface area contributed by atoms with Gasteiger partial charge in [-0.15, -0.1) is 11.3 Å². The molecule has 36 heavy (non-hydrogen) atoms. The lowest BCUT2D eigenvalue weighted by atomic mass is 10.2. The molecule has 4 rings (SSSR count). The van der Waals surface area contributed by atoms with Crippen molar-refractivity contribution in [2.75, 3.05) is 26.5 Å². The Hall–Kier alpha value is -4.18. The smallest absolute Gasteiger partial charge is 0.337 e. The van der Waals surface area contributed by atoms with E-state index in [-0.39, 0.29) is 22.7 Å². The molecule has 9 nitrogen and oxygen atoms in total. The summed E-state index contributed by atoms with van der Waals surface area (Å²) in [4.78, 5) is 55.2. The van der Waals surface area contributed by atoms with Gasteiger partial charge in [0, 0.05) is 25.8 Å². The molecule has 0 saturated carbocycles. The number of rotatable bonds is 6. The van der Waals surface area contributed by atoms with Gasteiger partial charge in [0.05, 0.1) is 23.1 Å². The number of thiophene rings is 1. The molecule has 10 heteroatoms. The molecule has 0 bridgehead atoms. The number of benzene rings is 2. The van der Waals surface area contributed by atoms with Gasteiger partial charge >= 0.3 is 5.69 Å². The van der Waals surface area contributed by atoms with Crippen LogP contribution >= 0.6 is 11.3 Å². The average Bonchev–Trinajstić information content (AvgIpc) is 3.20. The molecule has 186 valence electrons. The van der Waals surface area contributed by atoms with Crippen LogP contribution in [-0.2, 0) is 11.3 Å². The van der Waals surface area contributed by atoms with E-state index in [0.717, 1.165) is 21.5 Å². The number of methoxy groups -OCH3 is 1. The molecule has 0 aliphatic carbocycles. The number of ether oxygens (including phenoxy) is 1. The first-order valence-corrected chi connectivity index (χ1v) is 12.0. The summed E-state index contributed by atoms with van der Waals surface area (Å²) in [7, 11) is 4.72. The minimum absolute atomic E-state index is 0.219. The fourth-order valence-electron chi connectivity index (χ4n) is 3.92. The van der Waals surface area contributed by atoms with Crippen molar-refractivity contribution in [2.45, 2.75) is 20.4 Å². The molecule has 2 heterocycles. The summed E-state index contributed by atoms with van der Waals surface area (Å²) in [6.07, 6.45) is 0. The standard InChI is InChI=1S/C26H26N4O5S/c1-15-9-6-7-12-19(15)27-20(31)14-29-25-21(16(2)22(36-25)24(33)28(3)4)23(32)30(26(29)34)17-10-8-11-18(13-17)35-5/h6-13H,14H2,1-5H3,(H,27,31). The minimum atomic E-state index is -0.689. The molecular formula is C26H26N4O5S. The number of anilines is 1. The number of amides is 2. The first-order valence-electron chi connectivity index (χ1n) is 11.1. The van der Waals surface area contributed by atoms with Crippen molar-refractivity contribution in [1.29, 1.82) is 0 Å². The minimum Gasteiger partial charge on any atom is -0.497 e. The van der Waals surface area contributed by atoms with Crippen molar-refractivity contribution in [1.82, 2.24) is 14.0 Å². The number of aromatic nitrogens is 2. The van der Waals surface area contributed by atoms with Gasteiger partial charge in [-0.2, -0.15) is 0 Å². The van der Waals surface area contributed by atoms with Crippen LogP contribution in [0.3, 0.4) is 0 Å². The Bertz CT molecular complexity index is 1610. The molecule has 0 fully saturated rings. The number of aryl methyl sites for hydroxylation is 2. The number of fused-ring (bicyclic) bond motifs is 1. The Labute approximate surface area is 211 Å². The zero-order valence-corrected chi connectivity index (χ0v) is 21.4. The van der Waals surface area contributed by atoms with Crippen molar-refractivity contribution in [3.8, 4) is 11.4 Å². The predicted molar refractivity (Wildman–Crippen MR) is 141 cm³/mol. The summed E-state index contributed by atoms with van der Waals surface area (Å²) < 4.78 is 7.52. The molecule has 1 N–H and O–H groups in total. The van der Waals surface area contributed by atoms with E-state index in [9.17, 15) is 19.2 Å². The zero-order valence-electron chi connectivity index (χ0n) is 20.6. The summed E-state index contributed by atoms with van der Waals surface area (Å²) in [5.41, 5.74) is 0.999. The highest BCUT2D eigenvalue weighted by atomic mass is 32.1. The van der Waals surface area contributed by atoms with Crippen LogP contribution in [0.15, 0.2) is 58.1 Å². The molecule has 0 aliphatic heterocycles. The van der Waals surface area contributed by atoms with Gasteiger partial charge < -0.3 is 15.0 Å². The van der Waals surface area contributed by atoms with Crippen molar-refractivity contribution in [2.24, 2.45) is 0 Å². The van der Waals surface area contributed by atoms with Crippen LogP contribution in [0.2, 0.25) is 0 Å². The van der Waals surface area contributed by atoms with E-state index in [4.69, 9.17) is 4.74 Å². The Morgan fingerprint density at radius 1 is 1.06 bits per heavy atom. The highest BCUT2D eigenvalue weighted by molar-refractivity contribution is 7.20. The quantitative estimate of drug-likeness (QED) is 0.433. The number of nitrogens with zero attached hydrogens (tertiary/aromatic N) is 3. The third kappa shape index (κ3) is 4.42. The normalized spacial score (nSPS) is 10.9. The second-order valence-electron chi connectivity index (χ2n) is 8.51. The van der Waals surface area contributed by atoms with E-state index in [1.165, 1.54) is 16.6 Å². The van der Waals surface area contributed by atoms with Crippen LogP contribution in [0.25, 0.3) is 15.9 Å². The Morgan fingerprint density at radius 2 is 1.78 bits per heavy atom. The predicted octanol–water partition coefficient (Wildman–Crippen LogP) is 3.18. The number of hydrogen-bond donors (Lipinski definition) is 1. The molecule has 2 aromatic carbocycles. The van der Waals surface area contributed by atoms with E-state index in [2.05, 4.69) is 5.32 Å². The summed E-state index contributed by atoms with van der Waals surface area (Å²) >= 11 is 1.03. The van der Waals surface area contributed by atoms with Crippen LogP contribution in [0.4, 0.5) is 5.69 Å². The molecular weight excluding hydrogens is 480 g/mol. The first kappa shape index (κ1) is 24.9. The number of carbonyl (C=O) groups excluding carboxylic acids is 2. The summed E-state index contributed by atoms with van der Waals surface area (Å²) in [6.45, 7) is 3.20. The van der Waals surface area contributed by atoms with Gasteiger partial charge in [0.15, 0.2) is 0 Å². The van der Waals surface area contributed by atoms with E-state index in [1.807, 2.05) is 19.1 Å². The third-order valence-corrected chi connectivity index (χ3v) is 7.15. The molecule has 4 aromatic rings. The van der Waals surface area contributed by atoms with Crippen LogP contribution in [0.1, 0.15) is 20.8 Å². The van der Waals surface area contributed by atoms with Crippen LogP contribution < -0.4 is 21.3 Å². The Morgan fingerprint density at radius 3 is 2.44 bits per heavy atom. The van der Waals surface area contributed by atoms with Gasteiger partial charge in [-0.3, -0.25) is 19.0 Å². The van der Waals surface area contributed by atoms with E-state index in [1.54, 1.807) is 57.4 Å². The van der Waals surface area contributed by atoms with Crippen LogP contribution in [0, 0.1) is 13.8 Å². The molecule has 2 aromatic heterocycles. The fourth-order valence-corrected chi connectivity index (χ4v) is 5.23. The molecule has 0 unspecified atom stereocenters. The second kappa shape index (κ2) is 9.82. The maximum absolute atomic E-state index is 13.7. The molecule has 0 spiro atoms. The van der Waals surface area contributed by atoms with Gasteiger partial charge in [-0.1, -0.05) is 24.3 Å². The van der Waals surface area contributed by atoms with Gasteiger partial charge in [-0.05, 0) is 43.2 Å². The second-order valence-corrected chi connectivity index (χ2v) is 9.51. The highest BCUT2D eigenvalue weighted by Gasteiger charge is 2.25. The SMILES string of the molecule is COc1cccc(-n2c(=O)c3c(C)c(C(=O)N(C)C)sc3n(CC(=O)Nc3ccccc3C)c2=O)c1. The van der Waals surface area contributed by atoms with E-state index in [0.29, 0.717) is 27.6 Å². The number of carbonyl (C=O) groups is 2. The van der Waals surface area contributed by atoms with E-state index < -0.39 is 17.2 Å². The lowest BCUT2D eigenvalue weighted by Crippen LogP contribution is -2.40. The monoisotopic (exact) mass is 506 g/mol. The summed E-state index contributed by atoms with van der Waals surface area (Å²) in [5, 5.41) is 3.05. The lowest BCUT2D eigenvalue weighted by Gasteiger charge is -2.14. The molecule has 2 amide bonds. The van der Waals surface area contributed by atoms with Crippen molar-refractivity contribution < 1.29 is 14.3 Å². The van der Waals surface area contributed by atoms with E-state index >= 15 is 0 Å². The van der Waals surface area contributed by atoms with Crippen LogP contribution in [-0.4, -0.2) is 47.1 Å². The fraction of sp³-hybridized carbons (Fsp3) is 0.231. The number of hydrogen-bond acceptors (Lipinski definition) is 6. The first-order chi connectivity index (χ1) is 17.1. The van der Waals surface area contributed by atoms with Crippen molar-refractivity contribution in [3.63, 3.8) is 0 Å². The Kier molecular flexibility index (Phi) is 6.80. The largest absolute Gasteiger partial charge is 0.497 e. The maximum atomic E-state index is 13.7. The molecule has 0 saturated heterocycles. The van der Waals surface area contributed by atoms with Gasteiger partial charge in [-0.25, -0.2) is 9.36 Å².